The Labute approximate surface area is 196 Å². The van der Waals surface area contributed by atoms with Gasteiger partial charge >= 0.3 is 6.09 Å². The molecule has 1 aliphatic heterocycles. The number of nitrogens with zero attached hydrogens (tertiary/aromatic N) is 2. The van der Waals surface area contributed by atoms with Gasteiger partial charge in [-0.1, -0.05) is 42.7 Å². The summed E-state index contributed by atoms with van der Waals surface area (Å²) in [5, 5.41) is 16.0. The van der Waals surface area contributed by atoms with Crippen molar-refractivity contribution in [3.05, 3.63) is 65.2 Å². The molecule has 2 aromatic carbocycles. The summed E-state index contributed by atoms with van der Waals surface area (Å²) in [4.78, 5) is 14.9. The summed E-state index contributed by atoms with van der Waals surface area (Å²) in [5.41, 5.74) is 4.03. The fourth-order valence-corrected chi connectivity index (χ4v) is 5.04. The largest absolute Gasteiger partial charge is 0.445 e. The lowest BCUT2D eigenvalue weighted by Crippen LogP contribution is -2.57. The molecule has 1 aliphatic carbocycles. The van der Waals surface area contributed by atoms with E-state index in [0.29, 0.717) is 18.2 Å². The highest BCUT2D eigenvalue weighted by atomic mass is 16.5. The number of nitrogens with one attached hydrogen (secondary N) is 2. The number of ether oxygens (including phenoxy) is 1. The van der Waals surface area contributed by atoms with Crippen LogP contribution in [0.4, 0.5) is 10.5 Å². The van der Waals surface area contributed by atoms with Gasteiger partial charge in [0.25, 0.3) is 0 Å². The van der Waals surface area contributed by atoms with Crippen molar-refractivity contribution in [3.8, 4) is 6.07 Å². The van der Waals surface area contributed by atoms with Crippen molar-refractivity contribution in [1.29, 1.82) is 5.26 Å². The number of nitriles is 1. The van der Waals surface area contributed by atoms with Crippen LogP contribution in [0.3, 0.4) is 0 Å². The van der Waals surface area contributed by atoms with E-state index in [1.807, 2.05) is 55.5 Å². The topological polar surface area (TPSA) is 77.4 Å². The van der Waals surface area contributed by atoms with Gasteiger partial charge < -0.3 is 20.3 Å². The maximum atomic E-state index is 12.5. The van der Waals surface area contributed by atoms with Gasteiger partial charge in [0.15, 0.2) is 0 Å². The van der Waals surface area contributed by atoms with E-state index >= 15 is 0 Å². The number of amides is 1. The Morgan fingerprint density at radius 2 is 1.88 bits per heavy atom. The van der Waals surface area contributed by atoms with Gasteiger partial charge in [-0.05, 0) is 62.4 Å². The average molecular weight is 447 g/mol. The van der Waals surface area contributed by atoms with Gasteiger partial charge in [-0.25, -0.2) is 4.79 Å². The van der Waals surface area contributed by atoms with Crippen molar-refractivity contribution >= 4 is 11.8 Å². The summed E-state index contributed by atoms with van der Waals surface area (Å²) in [6, 6.07) is 18.8. The Balaban J connectivity index is 1.30. The molecular formula is C27H34N4O2. The Kier molecular flexibility index (Phi) is 7.85. The van der Waals surface area contributed by atoms with Crippen molar-refractivity contribution in [2.24, 2.45) is 0 Å². The molecule has 4 rings (SSSR count). The van der Waals surface area contributed by atoms with Crippen LogP contribution in [0.15, 0.2) is 48.5 Å². The minimum absolute atomic E-state index is 0.0917. The summed E-state index contributed by atoms with van der Waals surface area (Å²) < 4.78 is 5.51. The van der Waals surface area contributed by atoms with E-state index in [2.05, 4.69) is 21.6 Å². The molecule has 2 aliphatic rings. The minimum atomic E-state index is -0.335. The van der Waals surface area contributed by atoms with Crippen molar-refractivity contribution in [2.45, 2.75) is 70.2 Å². The highest BCUT2D eigenvalue weighted by Crippen LogP contribution is 2.24. The third kappa shape index (κ3) is 6.49. The summed E-state index contributed by atoms with van der Waals surface area (Å²) in [5.74, 6) is 0. The number of hydrogen-bond donors (Lipinski definition) is 2. The fraction of sp³-hybridized carbons (Fsp3) is 0.481. The van der Waals surface area contributed by atoms with E-state index in [1.165, 1.54) is 12.1 Å². The number of alkyl carbamates (subject to hydrolysis) is 1. The van der Waals surface area contributed by atoms with Gasteiger partial charge in [0, 0.05) is 36.9 Å². The zero-order valence-corrected chi connectivity index (χ0v) is 19.4. The highest BCUT2D eigenvalue weighted by Gasteiger charge is 2.30. The second-order valence-corrected chi connectivity index (χ2v) is 9.32. The number of anilines is 1. The second kappa shape index (κ2) is 11.2. The van der Waals surface area contributed by atoms with Crippen molar-refractivity contribution in [2.75, 3.05) is 18.0 Å². The number of benzene rings is 2. The minimum Gasteiger partial charge on any atom is -0.445 e. The molecule has 2 aromatic rings. The van der Waals surface area contributed by atoms with Crippen LogP contribution in [0.5, 0.6) is 0 Å². The summed E-state index contributed by atoms with van der Waals surface area (Å²) in [6.07, 6.45) is 6.27. The van der Waals surface area contributed by atoms with Crippen molar-refractivity contribution < 1.29 is 9.53 Å². The molecule has 6 heteroatoms. The Hall–Kier alpha value is -3.04. The lowest BCUT2D eigenvalue weighted by atomic mass is 9.89. The molecule has 1 saturated heterocycles. The number of carbonyl (C=O) groups is 1. The van der Waals surface area contributed by atoms with Crippen LogP contribution in [0.1, 0.15) is 55.2 Å². The van der Waals surface area contributed by atoms with Gasteiger partial charge in [-0.3, -0.25) is 0 Å². The van der Waals surface area contributed by atoms with E-state index in [-0.39, 0.29) is 18.2 Å². The molecule has 0 aromatic heterocycles. The molecule has 1 saturated carbocycles. The van der Waals surface area contributed by atoms with Crippen LogP contribution in [-0.2, 0) is 11.3 Å². The number of hydrogen-bond acceptors (Lipinski definition) is 5. The van der Waals surface area contributed by atoms with Crippen LogP contribution in [0.25, 0.3) is 0 Å². The highest BCUT2D eigenvalue weighted by molar-refractivity contribution is 5.67. The Bertz CT molecular complexity index is 969. The van der Waals surface area contributed by atoms with Gasteiger partial charge in [0.2, 0.25) is 0 Å². The quantitative estimate of drug-likeness (QED) is 0.675. The van der Waals surface area contributed by atoms with Gasteiger partial charge in [-0.15, -0.1) is 0 Å². The molecular weight excluding hydrogens is 412 g/mol. The molecule has 1 amide bonds. The molecule has 3 unspecified atom stereocenters. The molecule has 2 fully saturated rings. The Morgan fingerprint density at radius 1 is 1.09 bits per heavy atom. The molecule has 6 nitrogen and oxygen atoms in total. The first kappa shape index (κ1) is 23.1. The smallest absolute Gasteiger partial charge is 0.407 e. The average Bonchev–Trinajstić information content (AvgIpc) is 2.84. The van der Waals surface area contributed by atoms with Gasteiger partial charge in [0.05, 0.1) is 11.6 Å². The molecule has 174 valence electrons. The number of rotatable bonds is 6. The molecule has 2 N–H and O–H groups in total. The van der Waals surface area contributed by atoms with Gasteiger partial charge in [-0.2, -0.15) is 5.26 Å². The fourth-order valence-electron chi connectivity index (χ4n) is 5.04. The number of piperidine rings is 1. The maximum absolute atomic E-state index is 12.5. The van der Waals surface area contributed by atoms with E-state index in [4.69, 9.17) is 10.00 Å². The zero-order valence-electron chi connectivity index (χ0n) is 19.4. The predicted molar refractivity (Wildman–Crippen MR) is 130 cm³/mol. The summed E-state index contributed by atoms with van der Waals surface area (Å²) in [7, 11) is 0. The molecule has 0 radical (unpaired) electrons. The van der Waals surface area contributed by atoms with E-state index < -0.39 is 0 Å². The first-order valence-corrected chi connectivity index (χ1v) is 12.1. The Morgan fingerprint density at radius 3 is 2.64 bits per heavy atom. The van der Waals surface area contributed by atoms with Crippen molar-refractivity contribution in [1.82, 2.24) is 10.6 Å². The standard InChI is InChI=1S/C27H34N4O2/c1-20-6-4-7-22(16-20)19-33-27(32)30-26-10-3-2-9-25(26)29-23-8-5-15-31(18-23)24-13-11-21(17-28)12-14-24/h4,6-7,11-14,16,23,25-26,29H,2-3,5,8-10,15,18-19H2,1H3,(H,30,32). The normalized spacial score (nSPS) is 22.9. The zero-order chi connectivity index (χ0) is 23.0. The number of aryl methyl sites for hydroxylation is 1. The van der Waals surface area contributed by atoms with Crippen LogP contribution in [0.2, 0.25) is 0 Å². The molecule has 33 heavy (non-hydrogen) atoms. The van der Waals surface area contributed by atoms with E-state index in [1.54, 1.807) is 0 Å². The number of carbonyl (C=O) groups excluding carboxylic acids is 1. The van der Waals surface area contributed by atoms with Crippen LogP contribution in [0, 0.1) is 18.3 Å². The second-order valence-electron chi connectivity index (χ2n) is 9.32. The third-order valence-electron chi connectivity index (χ3n) is 6.75. The lowest BCUT2D eigenvalue weighted by Gasteiger charge is -2.40. The molecule has 0 bridgehead atoms. The first-order chi connectivity index (χ1) is 16.1. The third-order valence-corrected chi connectivity index (χ3v) is 6.75. The summed E-state index contributed by atoms with van der Waals surface area (Å²) >= 11 is 0. The predicted octanol–water partition coefficient (Wildman–Crippen LogP) is 4.66. The summed E-state index contributed by atoms with van der Waals surface area (Å²) in [6.45, 7) is 4.30. The SMILES string of the molecule is Cc1cccc(COC(=O)NC2CCCCC2NC2CCCN(c3ccc(C#N)cc3)C2)c1. The van der Waals surface area contributed by atoms with Crippen molar-refractivity contribution in [3.63, 3.8) is 0 Å². The van der Waals surface area contributed by atoms with E-state index in [0.717, 1.165) is 56.3 Å². The molecule has 3 atom stereocenters. The van der Waals surface area contributed by atoms with Crippen LogP contribution < -0.4 is 15.5 Å². The van der Waals surface area contributed by atoms with Gasteiger partial charge in [0.1, 0.15) is 6.61 Å². The van der Waals surface area contributed by atoms with Crippen LogP contribution in [-0.4, -0.2) is 37.3 Å². The first-order valence-electron chi connectivity index (χ1n) is 12.1. The maximum Gasteiger partial charge on any atom is 0.407 e. The van der Waals surface area contributed by atoms with E-state index in [9.17, 15) is 4.79 Å². The van der Waals surface area contributed by atoms with Crippen LogP contribution >= 0.6 is 0 Å². The molecule has 1 heterocycles. The lowest BCUT2D eigenvalue weighted by molar-refractivity contribution is 0.128. The monoisotopic (exact) mass is 446 g/mol. The molecule has 0 spiro atoms.